The minimum atomic E-state index is -0.329. The number of hydrogen-bond donors (Lipinski definition) is 2. The minimum absolute atomic E-state index is 0.329. The predicted octanol–water partition coefficient (Wildman–Crippen LogP) is 2.95. The summed E-state index contributed by atoms with van der Waals surface area (Å²) in [6.45, 7) is 1.46. The molecule has 0 radical (unpaired) electrons. The number of rotatable bonds is 4. The number of nitrogens with zero attached hydrogens (tertiary/aromatic N) is 1. The second kappa shape index (κ2) is 6.44. The number of carbonyl (C=O) groups is 2. The molecule has 0 saturated heterocycles. The highest BCUT2D eigenvalue weighted by atomic mass is 35.5. The van der Waals surface area contributed by atoms with Crippen molar-refractivity contribution in [1.29, 1.82) is 0 Å². The average Bonchev–Trinajstić information content (AvgIpc) is 2.66. The second-order valence-corrected chi connectivity index (χ2v) is 6.53. The molecule has 1 aliphatic rings. The molecule has 130 valence electrons. The maximum Gasteiger partial charge on any atom is 0.265 e. The van der Waals surface area contributed by atoms with E-state index in [0.29, 0.717) is 27.2 Å². The Morgan fingerprint density at radius 3 is 2.31 bits per heavy atom. The summed E-state index contributed by atoms with van der Waals surface area (Å²) in [5.74, 6) is -0.658. The predicted molar refractivity (Wildman–Crippen MR) is 103 cm³/mol. The first-order chi connectivity index (χ1) is 12.6. The maximum atomic E-state index is 13.1. The number of imide groups is 1. The summed E-state index contributed by atoms with van der Waals surface area (Å²) in [7, 11) is 0. The van der Waals surface area contributed by atoms with Gasteiger partial charge in [0.05, 0.1) is 18.8 Å². The Morgan fingerprint density at radius 2 is 1.62 bits per heavy atom. The largest absolute Gasteiger partial charge is 0.379 e. The number of carbonyl (C=O) groups excluding carboxylic acids is 2. The first-order valence-corrected chi connectivity index (χ1v) is 8.73. The molecule has 0 aromatic heterocycles. The quantitative estimate of drug-likeness (QED) is 0.697. The van der Waals surface area contributed by atoms with E-state index in [1.807, 2.05) is 18.2 Å². The van der Waals surface area contributed by atoms with Crippen molar-refractivity contribution in [2.45, 2.75) is 0 Å². The Hall–Kier alpha value is -2.89. The van der Waals surface area contributed by atoms with Crippen LogP contribution < -0.4 is 16.0 Å². The lowest BCUT2D eigenvalue weighted by Gasteiger charge is -2.28. The molecule has 0 aliphatic carbocycles. The molecule has 0 spiro atoms. The molecule has 4 N–H and O–H groups in total. The van der Waals surface area contributed by atoms with Crippen molar-refractivity contribution in [2.24, 2.45) is 0 Å². The molecule has 2 amide bonds. The fourth-order valence-corrected chi connectivity index (χ4v) is 3.42. The topological polar surface area (TPSA) is 77.1 Å². The van der Waals surface area contributed by atoms with Crippen LogP contribution in [-0.2, 0) is 0 Å². The molecular weight excluding hydrogens is 350 g/mol. The Labute approximate surface area is 155 Å². The number of benzene rings is 3. The first kappa shape index (κ1) is 16.6. The lowest BCUT2D eigenvalue weighted by molar-refractivity contribution is -0.362. The van der Waals surface area contributed by atoms with Gasteiger partial charge in [0.2, 0.25) is 0 Å². The number of nitrogens with one attached hydrogen (secondary N) is 1. The zero-order valence-corrected chi connectivity index (χ0v) is 14.7. The van der Waals surface area contributed by atoms with Crippen LogP contribution in [0.2, 0.25) is 5.02 Å². The lowest BCUT2D eigenvalue weighted by Crippen LogP contribution is -2.53. The van der Waals surface area contributed by atoms with Gasteiger partial charge in [0.25, 0.3) is 11.8 Å². The van der Waals surface area contributed by atoms with Crippen LogP contribution in [0.4, 0.5) is 11.4 Å². The molecule has 0 fully saturated rings. The van der Waals surface area contributed by atoms with Crippen molar-refractivity contribution < 1.29 is 15.3 Å². The zero-order chi connectivity index (χ0) is 18.3. The molecule has 0 unspecified atom stereocenters. The van der Waals surface area contributed by atoms with Gasteiger partial charge in [0, 0.05) is 32.6 Å². The van der Waals surface area contributed by atoms with Crippen molar-refractivity contribution in [3.63, 3.8) is 0 Å². The fourth-order valence-electron chi connectivity index (χ4n) is 3.30. The third kappa shape index (κ3) is 2.53. The van der Waals surface area contributed by atoms with Crippen molar-refractivity contribution >= 4 is 45.6 Å². The van der Waals surface area contributed by atoms with Crippen LogP contribution in [0.25, 0.3) is 10.8 Å². The highest BCUT2D eigenvalue weighted by Crippen LogP contribution is 2.36. The van der Waals surface area contributed by atoms with Gasteiger partial charge in [-0.3, -0.25) is 9.59 Å². The molecule has 0 atom stereocenters. The van der Waals surface area contributed by atoms with E-state index in [-0.39, 0.29) is 11.8 Å². The third-order valence-corrected chi connectivity index (χ3v) is 4.74. The number of amides is 2. The van der Waals surface area contributed by atoms with Crippen LogP contribution in [0.1, 0.15) is 20.7 Å². The summed E-state index contributed by atoms with van der Waals surface area (Å²) < 4.78 is 0. The highest BCUT2D eigenvalue weighted by molar-refractivity contribution is 6.36. The zero-order valence-electron chi connectivity index (χ0n) is 14.0. The van der Waals surface area contributed by atoms with Crippen molar-refractivity contribution in [3.05, 3.63) is 70.7 Å². The molecule has 26 heavy (non-hydrogen) atoms. The number of anilines is 2. The van der Waals surface area contributed by atoms with Crippen molar-refractivity contribution in [3.8, 4) is 0 Å². The molecule has 0 saturated carbocycles. The molecule has 6 heteroatoms. The highest BCUT2D eigenvalue weighted by Gasteiger charge is 2.34. The Morgan fingerprint density at radius 1 is 0.923 bits per heavy atom. The van der Waals surface area contributed by atoms with E-state index >= 15 is 0 Å². The summed E-state index contributed by atoms with van der Waals surface area (Å²) in [4.78, 5) is 27.3. The first-order valence-electron chi connectivity index (χ1n) is 8.35. The van der Waals surface area contributed by atoms with E-state index in [4.69, 9.17) is 11.6 Å². The molecule has 3 aromatic rings. The van der Waals surface area contributed by atoms with E-state index in [1.165, 1.54) is 4.90 Å². The van der Waals surface area contributed by atoms with Crippen LogP contribution in [-0.4, -0.2) is 24.9 Å². The number of hydrogen-bond acceptors (Lipinski definition) is 3. The van der Waals surface area contributed by atoms with Crippen LogP contribution in [0, 0.1) is 0 Å². The van der Waals surface area contributed by atoms with Gasteiger partial charge in [0.15, 0.2) is 0 Å². The van der Waals surface area contributed by atoms with Gasteiger partial charge >= 0.3 is 0 Å². The summed E-state index contributed by atoms with van der Waals surface area (Å²) in [6.07, 6.45) is 0. The molecular formula is C20H17ClN3O2+. The average molecular weight is 367 g/mol. The monoisotopic (exact) mass is 366 g/mol. The van der Waals surface area contributed by atoms with Crippen molar-refractivity contribution in [1.82, 2.24) is 0 Å². The summed E-state index contributed by atoms with van der Waals surface area (Å²) in [5, 5.41) is 5.42. The van der Waals surface area contributed by atoms with Gasteiger partial charge in [-0.1, -0.05) is 23.7 Å². The van der Waals surface area contributed by atoms with Crippen molar-refractivity contribution in [2.75, 3.05) is 23.3 Å². The summed E-state index contributed by atoms with van der Waals surface area (Å²) in [6, 6.07) is 15.9. The number of halogens is 1. The van der Waals surface area contributed by atoms with E-state index < -0.39 is 0 Å². The van der Waals surface area contributed by atoms with E-state index in [9.17, 15) is 9.59 Å². The molecule has 0 bridgehead atoms. The van der Waals surface area contributed by atoms with E-state index in [1.54, 1.807) is 36.4 Å². The van der Waals surface area contributed by atoms with Gasteiger partial charge in [-0.25, -0.2) is 4.90 Å². The molecule has 4 rings (SSSR count). The molecule has 3 aromatic carbocycles. The van der Waals surface area contributed by atoms with E-state index in [0.717, 1.165) is 24.2 Å². The number of quaternary nitrogens is 1. The smallest absolute Gasteiger partial charge is 0.265 e. The lowest BCUT2D eigenvalue weighted by atomic mass is 9.92. The second-order valence-electron chi connectivity index (χ2n) is 6.09. The van der Waals surface area contributed by atoms with Gasteiger partial charge in [-0.15, -0.1) is 0 Å². The van der Waals surface area contributed by atoms with Crippen LogP contribution in [0.15, 0.2) is 54.6 Å². The van der Waals surface area contributed by atoms with Gasteiger partial charge in [-0.05, 0) is 42.5 Å². The summed E-state index contributed by atoms with van der Waals surface area (Å²) in [5.41, 5.74) is 6.27. The fraction of sp³-hybridized carbons (Fsp3) is 0.100. The maximum absolute atomic E-state index is 13.1. The molecule has 1 heterocycles. The normalized spacial score (nSPS) is 13.4. The van der Waals surface area contributed by atoms with Gasteiger partial charge < -0.3 is 11.1 Å². The van der Waals surface area contributed by atoms with Gasteiger partial charge in [-0.2, -0.15) is 0 Å². The Bertz CT molecular complexity index is 1010. The van der Waals surface area contributed by atoms with E-state index in [2.05, 4.69) is 11.1 Å². The standard InChI is InChI=1S/C20H16ClN3O2/c21-12-4-6-13(7-5-12)24-19(25)15-3-1-2-14-17(23-11-10-22)9-8-16(18(14)15)20(24)26/h1-9,23H,10-11,22H2/p+1. The van der Waals surface area contributed by atoms with Crippen LogP contribution in [0.5, 0.6) is 0 Å². The van der Waals surface area contributed by atoms with Crippen LogP contribution >= 0.6 is 11.6 Å². The third-order valence-electron chi connectivity index (χ3n) is 4.48. The molecule has 5 nitrogen and oxygen atoms in total. The Kier molecular flexibility index (Phi) is 4.11. The minimum Gasteiger partial charge on any atom is -0.379 e. The molecule has 1 aliphatic heterocycles. The summed E-state index contributed by atoms with van der Waals surface area (Å²) >= 11 is 5.93. The Balaban J connectivity index is 1.89. The SMILES string of the molecule is [NH3+]CCNc1ccc2c3c(cccc13)C(=O)N(c1ccc(Cl)cc1)C2=O. The van der Waals surface area contributed by atoms with Crippen LogP contribution in [0.3, 0.4) is 0 Å². The van der Waals surface area contributed by atoms with Gasteiger partial charge in [0.1, 0.15) is 0 Å².